The summed E-state index contributed by atoms with van der Waals surface area (Å²) >= 11 is 0. The van der Waals surface area contributed by atoms with Gasteiger partial charge in [-0.3, -0.25) is 0 Å². The predicted octanol–water partition coefficient (Wildman–Crippen LogP) is 6.38. The first-order chi connectivity index (χ1) is 12.2. The summed E-state index contributed by atoms with van der Waals surface area (Å²) in [5.74, 6) is -1.00. The van der Waals surface area contributed by atoms with Gasteiger partial charge in [0.05, 0.1) is 16.8 Å². The van der Waals surface area contributed by atoms with Crippen LogP contribution in [0.2, 0.25) is 6.04 Å². The summed E-state index contributed by atoms with van der Waals surface area (Å²) in [4.78, 5) is 0. The zero-order valence-corrected chi connectivity index (χ0v) is 22.3. The van der Waals surface area contributed by atoms with Gasteiger partial charge < -0.3 is 14.2 Å². The Labute approximate surface area is 173 Å². The molecule has 0 aromatic rings. The molecule has 164 valence electrons. The van der Waals surface area contributed by atoms with Crippen LogP contribution in [0.25, 0.3) is 0 Å². The Hall–Kier alpha value is 0.0969. The molecule has 0 spiro atoms. The molecule has 0 saturated carbocycles. The second-order valence-corrected chi connectivity index (χ2v) is 11.9. The van der Waals surface area contributed by atoms with Crippen molar-refractivity contribution in [1.82, 2.24) is 0 Å². The molecule has 27 heavy (non-hydrogen) atoms. The minimum absolute atomic E-state index is 0.335. The maximum absolute atomic E-state index is 6.41. The first kappa shape index (κ1) is 27.1. The van der Waals surface area contributed by atoms with E-state index in [1.807, 2.05) is 0 Å². The van der Waals surface area contributed by atoms with Gasteiger partial charge in [0, 0.05) is 16.7 Å². The molecule has 0 saturated heterocycles. The van der Waals surface area contributed by atoms with E-state index in [1.165, 1.54) is 61.2 Å². The van der Waals surface area contributed by atoms with Crippen molar-refractivity contribution in [3.63, 3.8) is 0 Å². The van der Waals surface area contributed by atoms with Crippen LogP contribution < -0.4 is 0 Å². The van der Waals surface area contributed by atoms with E-state index in [1.54, 1.807) is 0 Å². The zero-order valence-electron chi connectivity index (χ0n) is 20.3. The van der Waals surface area contributed by atoms with Crippen molar-refractivity contribution in [3.05, 3.63) is 0 Å². The maximum atomic E-state index is 6.41. The normalized spacial score (nSPS) is 14.1. The maximum Gasteiger partial charge on any atom is 0.284 e. The summed E-state index contributed by atoms with van der Waals surface area (Å²) in [6.45, 7) is 18.6. The quantitative estimate of drug-likeness (QED) is 0.203. The number of rotatable bonds is 13. The van der Waals surface area contributed by atoms with Crippen molar-refractivity contribution in [2.24, 2.45) is 0 Å². The molecule has 0 amide bonds. The summed E-state index contributed by atoms with van der Waals surface area (Å²) in [5.41, 5.74) is -1.00. The zero-order chi connectivity index (χ0) is 21.2. The van der Waals surface area contributed by atoms with Crippen molar-refractivity contribution in [1.29, 1.82) is 0 Å². The molecule has 0 heterocycles. The fourth-order valence-electron chi connectivity index (χ4n) is 3.27. The van der Waals surface area contributed by atoms with Crippen LogP contribution in [0.5, 0.6) is 0 Å². The Balaban J connectivity index is 4.77. The summed E-state index contributed by atoms with van der Waals surface area (Å²) in [5, 5.41) is 0. The van der Waals surface area contributed by atoms with E-state index in [-0.39, 0.29) is 16.8 Å². The lowest BCUT2D eigenvalue weighted by molar-refractivity contribution is -0.449. The molecule has 0 aliphatic heterocycles. The van der Waals surface area contributed by atoms with E-state index in [0.29, 0.717) is 0 Å². The third-order valence-corrected chi connectivity index (χ3v) is 4.68. The predicted molar refractivity (Wildman–Crippen MR) is 122 cm³/mol. The minimum Gasteiger partial charge on any atom is -0.322 e. The highest BCUT2D eigenvalue weighted by Crippen LogP contribution is 2.36. The van der Waals surface area contributed by atoms with E-state index < -0.39 is 5.97 Å². The first-order valence-electron chi connectivity index (χ1n) is 11.3. The van der Waals surface area contributed by atoms with Crippen molar-refractivity contribution < 1.29 is 14.2 Å². The van der Waals surface area contributed by atoms with Gasteiger partial charge in [0.15, 0.2) is 0 Å². The van der Waals surface area contributed by atoms with Gasteiger partial charge in [0.25, 0.3) is 5.97 Å². The molecule has 0 N–H and O–H groups in total. The summed E-state index contributed by atoms with van der Waals surface area (Å²) in [6, 6.07) is 1.46. The van der Waals surface area contributed by atoms with Crippen LogP contribution in [0.15, 0.2) is 0 Å². The van der Waals surface area contributed by atoms with Gasteiger partial charge in [-0.05, 0) is 68.7 Å². The number of hydrogen-bond donors (Lipinski definition) is 0. The van der Waals surface area contributed by atoms with Gasteiger partial charge in [-0.1, -0.05) is 51.0 Å². The van der Waals surface area contributed by atoms with Gasteiger partial charge in [-0.25, -0.2) is 0 Å². The van der Waals surface area contributed by atoms with Crippen molar-refractivity contribution in [3.8, 4) is 0 Å². The van der Waals surface area contributed by atoms with Crippen LogP contribution in [-0.2, 0) is 14.2 Å². The van der Waals surface area contributed by atoms with E-state index in [0.717, 1.165) is 12.8 Å². The second-order valence-electron chi connectivity index (χ2n) is 10.9. The summed E-state index contributed by atoms with van der Waals surface area (Å²) in [6.07, 6.45) is 11.3. The smallest absolute Gasteiger partial charge is 0.284 e. The lowest BCUT2D eigenvalue weighted by atomic mass is 10.1. The average Bonchev–Trinajstić information content (AvgIpc) is 2.39. The van der Waals surface area contributed by atoms with Crippen LogP contribution in [0, 0.1) is 0 Å². The van der Waals surface area contributed by atoms with Gasteiger partial charge in [0.1, 0.15) is 0 Å². The summed E-state index contributed by atoms with van der Waals surface area (Å²) in [7, 11) is 1.36. The third-order valence-electron chi connectivity index (χ3n) is 3.97. The summed E-state index contributed by atoms with van der Waals surface area (Å²) < 4.78 is 19.2. The lowest BCUT2D eigenvalue weighted by Gasteiger charge is -2.45. The molecule has 3 nitrogen and oxygen atoms in total. The molecule has 0 rings (SSSR count). The van der Waals surface area contributed by atoms with E-state index in [4.69, 9.17) is 14.2 Å². The van der Waals surface area contributed by atoms with E-state index in [9.17, 15) is 0 Å². The SMILES string of the molecule is CC(C)(C)OC(CCCCCCCCCC[SiH3])(OC(C)(C)C)OC(C)(C)C. The van der Waals surface area contributed by atoms with Crippen LogP contribution in [0.4, 0.5) is 0 Å². The Morgan fingerprint density at radius 1 is 0.481 bits per heavy atom. The van der Waals surface area contributed by atoms with Crippen LogP contribution in [0.3, 0.4) is 0 Å². The van der Waals surface area contributed by atoms with Crippen molar-refractivity contribution >= 4 is 10.2 Å². The molecule has 0 atom stereocenters. The van der Waals surface area contributed by atoms with Gasteiger partial charge in [-0.2, -0.15) is 0 Å². The fourth-order valence-corrected chi connectivity index (χ4v) is 3.77. The molecule has 0 fully saturated rings. The molecule has 0 aliphatic rings. The van der Waals surface area contributed by atoms with Crippen molar-refractivity contribution in [2.45, 2.75) is 149 Å². The van der Waals surface area contributed by atoms with Gasteiger partial charge in [-0.15, -0.1) is 0 Å². The topological polar surface area (TPSA) is 27.7 Å². The fraction of sp³-hybridized carbons (Fsp3) is 1.00. The number of hydrogen-bond acceptors (Lipinski definition) is 3. The molecule has 0 aliphatic carbocycles. The molecule has 0 unspecified atom stereocenters. The Kier molecular flexibility index (Phi) is 12.0. The first-order valence-corrected chi connectivity index (χ1v) is 12.7. The average molecular weight is 403 g/mol. The highest BCUT2D eigenvalue weighted by atomic mass is 28.1. The van der Waals surface area contributed by atoms with E-state index in [2.05, 4.69) is 62.3 Å². The highest BCUT2D eigenvalue weighted by molar-refractivity contribution is 6.08. The molecule has 4 heteroatoms. The number of unbranched alkanes of at least 4 members (excludes halogenated alkanes) is 7. The van der Waals surface area contributed by atoms with Crippen LogP contribution >= 0.6 is 0 Å². The highest BCUT2D eigenvalue weighted by Gasteiger charge is 2.43. The minimum atomic E-state index is -1.00. The van der Waals surface area contributed by atoms with Gasteiger partial charge >= 0.3 is 0 Å². The largest absolute Gasteiger partial charge is 0.322 e. The molecular weight excluding hydrogens is 352 g/mol. The van der Waals surface area contributed by atoms with E-state index >= 15 is 0 Å². The van der Waals surface area contributed by atoms with Crippen LogP contribution in [-0.4, -0.2) is 33.0 Å². The monoisotopic (exact) mass is 402 g/mol. The lowest BCUT2D eigenvalue weighted by Crippen LogP contribution is -2.52. The number of ether oxygens (including phenoxy) is 3. The Morgan fingerprint density at radius 2 is 0.778 bits per heavy atom. The van der Waals surface area contributed by atoms with Gasteiger partial charge in [0.2, 0.25) is 0 Å². The molecular formula is C23H50O3Si. The Morgan fingerprint density at radius 3 is 1.07 bits per heavy atom. The van der Waals surface area contributed by atoms with Crippen LogP contribution in [0.1, 0.15) is 120 Å². The third kappa shape index (κ3) is 16.7. The standard InChI is InChI=1S/C23H50O3Si/c1-20(2,3)24-23(25-21(4,5)6,26-22(7,8)9)18-16-14-12-10-11-13-15-17-19-27/h10-19H2,1-9,27H3. The van der Waals surface area contributed by atoms with Crippen molar-refractivity contribution in [2.75, 3.05) is 0 Å². The molecule has 0 aromatic heterocycles. The molecule has 0 aromatic carbocycles. The second kappa shape index (κ2) is 11.9. The molecule has 0 radical (unpaired) electrons. The Bertz CT molecular complexity index is 334. The molecule has 0 bridgehead atoms.